The molecule has 2 unspecified atom stereocenters. The highest BCUT2D eigenvalue weighted by Crippen LogP contribution is 2.51. The van der Waals surface area contributed by atoms with Gasteiger partial charge in [0.25, 0.3) is 0 Å². The molecule has 0 saturated heterocycles. The van der Waals surface area contributed by atoms with Crippen LogP contribution in [0.4, 0.5) is 11.6 Å². The number of ether oxygens (including phenoxy) is 4. The second-order valence-electron chi connectivity index (χ2n) is 32.7. The highest BCUT2D eigenvalue weighted by atomic mass is 127. The highest BCUT2D eigenvalue weighted by Gasteiger charge is 2.39. The molecule has 6 heterocycles. The SMILES string of the molecule is C[Si](C)(C)CCOCN(COCC[Si](C)(C)C)c1c(I)c(C2C[C@H]3CC[C@@H](C2)C3)nc2c(-c3ccc(-c4ccccc4)nc3)cnn12.Cc1c(C2C[C@H]3CC[C@@H](C2)C3)nc2c(-c3ccc(-c4ccccc4)nc3)cnn2c1N(COCC[Si](C)(C)C)COCC[Si](C)(C)C.O=C=O. The van der Waals surface area contributed by atoms with E-state index in [-0.39, 0.29) is 6.15 Å². The smallest absolute Gasteiger partial charge is 0.361 e. The quantitative estimate of drug-likeness (QED) is 0.0197. The summed E-state index contributed by atoms with van der Waals surface area (Å²) in [5, 5.41) is 10.0. The maximum absolute atomic E-state index is 8.12. The number of nitrogens with zero attached hydrogens (tertiary/aromatic N) is 10. The van der Waals surface area contributed by atoms with Crippen molar-refractivity contribution in [3.8, 4) is 44.8 Å². The fourth-order valence-corrected chi connectivity index (χ4v) is 18.6. The molecule has 4 aliphatic rings. The normalized spacial score (nSPS) is 19.3. The minimum atomic E-state index is -1.22. The number of anilines is 2. The third-order valence-electron chi connectivity index (χ3n) is 19.9. The van der Waals surface area contributed by atoms with Gasteiger partial charge >= 0.3 is 6.15 Å². The second-order valence-corrected chi connectivity index (χ2v) is 56.3. The van der Waals surface area contributed by atoms with Crippen LogP contribution in [0.15, 0.2) is 110 Å². The van der Waals surface area contributed by atoms with Crippen LogP contribution in [0.25, 0.3) is 56.1 Å². The number of aromatic nitrogens is 8. The van der Waals surface area contributed by atoms with E-state index in [1.807, 2.05) is 46.0 Å². The standard InChI is InChI=1S/C38H55N5O2Si2.C37H52IN5O2Si2.CO2/c1-28-36(33-22-29-13-14-30(21-29)23-33)41-37-34(32-15-16-35(39-24-32)31-11-9-8-10-12-31)25-40-43(37)38(28)42(26-44-17-19-46(2,3)4)27-45-18-20-47(5,6)7;1-46(2,3)18-16-44-25-42(26-45-17-19-47(4,5)6)37-34(38)35(31-21-27-12-13-28(20-27)22-31)41-36-32(24-40-43(36)37)30-14-15-33(39-23-30)29-10-8-7-9-11-29;2-1-3/h8-12,15-16,24-25,29-30,33H,13-14,17-23,26-27H2,1-7H3;7-11,14-15,23-24,27-28,31H,12-13,16-22,25-26H2,1-6H3;/t29-,30+,33?;27-,28+,31?;. The Morgan fingerprint density at radius 1 is 0.454 bits per heavy atom. The van der Waals surface area contributed by atoms with E-state index in [0.717, 1.165) is 142 Å². The maximum Gasteiger partial charge on any atom is 0.373 e. The molecule has 0 spiro atoms. The lowest BCUT2D eigenvalue weighted by atomic mass is 9.78. The fraction of sp³-hybridized carbons (Fsp3) is 0.539. The Kier molecular flexibility index (Phi) is 25.4. The van der Waals surface area contributed by atoms with Crippen LogP contribution in [0.2, 0.25) is 103 Å². The minimum absolute atomic E-state index is 0.250. The van der Waals surface area contributed by atoms with Gasteiger partial charge in [0, 0.05) is 122 Å². The predicted molar refractivity (Wildman–Crippen MR) is 412 cm³/mol. The van der Waals surface area contributed by atoms with Crippen LogP contribution < -0.4 is 9.80 Å². The van der Waals surface area contributed by atoms with Gasteiger partial charge < -0.3 is 28.7 Å². The van der Waals surface area contributed by atoms with Crippen LogP contribution in [0.1, 0.15) is 93.0 Å². The monoisotopic (exact) mass is 1490 g/mol. The first-order valence-corrected chi connectivity index (χ1v) is 51.5. The van der Waals surface area contributed by atoms with Crippen LogP contribution in [0, 0.1) is 34.2 Å². The Bertz CT molecular complexity index is 3550. The molecule has 97 heavy (non-hydrogen) atoms. The largest absolute Gasteiger partial charge is 0.373 e. The molecule has 6 aromatic heterocycles. The van der Waals surface area contributed by atoms with Crippen molar-refractivity contribution in [1.29, 1.82) is 0 Å². The van der Waals surface area contributed by atoms with Gasteiger partial charge in [-0.15, -0.1) is 0 Å². The van der Waals surface area contributed by atoms with Crippen LogP contribution in [0.5, 0.6) is 0 Å². The van der Waals surface area contributed by atoms with Gasteiger partial charge in [-0.1, -0.05) is 177 Å². The van der Waals surface area contributed by atoms with E-state index in [4.69, 9.17) is 58.7 Å². The van der Waals surface area contributed by atoms with Gasteiger partial charge in [0.1, 0.15) is 32.7 Å². The Hall–Kier alpha value is -5.60. The zero-order valence-corrected chi connectivity index (χ0v) is 66.4. The van der Waals surface area contributed by atoms with E-state index in [9.17, 15) is 0 Å². The van der Waals surface area contributed by atoms with Gasteiger partial charge in [-0.25, -0.2) is 9.97 Å². The summed E-state index contributed by atoms with van der Waals surface area (Å²) in [6.45, 7) is 36.0. The fourth-order valence-electron chi connectivity index (χ4n) is 14.4. The third-order valence-corrected chi connectivity index (χ3v) is 27.7. The van der Waals surface area contributed by atoms with E-state index in [2.05, 4.69) is 191 Å². The van der Waals surface area contributed by atoms with Gasteiger partial charge in [0.2, 0.25) is 0 Å². The zero-order valence-electron chi connectivity index (χ0n) is 60.2. The molecule has 4 aliphatic carbocycles. The molecule has 0 amide bonds. The van der Waals surface area contributed by atoms with E-state index < -0.39 is 32.3 Å². The van der Waals surface area contributed by atoms with Crippen molar-refractivity contribution in [2.24, 2.45) is 23.7 Å². The summed E-state index contributed by atoms with van der Waals surface area (Å²) in [5.74, 6) is 6.29. The summed E-state index contributed by atoms with van der Waals surface area (Å²) in [6, 6.07) is 33.7. The average molecular weight is 1500 g/mol. The van der Waals surface area contributed by atoms with E-state index in [1.165, 1.54) is 84.7 Å². The van der Waals surface area contributed by atoms with Gasteiger partial charge in [0.05, 0.1) is 38.7 Å². The first-order valence-electron chi connectivity index (χ1n) is 35.6. The molecule has 16 nitrogen and oxygen atoms in total. The summed E-state index contributed by atoms with van der Waals surface area (Å²) in [7, 11) is -4.87. The van der Waals surface area contributed by atoms with Crippen LogP contribution in [-0.4, -0.2) is 131 Å². The Balaban J connectivity index is 0.000000202. The first kappa shape index (κ1) is 74.1. The molecule has 4 bridgehead atoms. The van der Waals surface area contributed by atoms with Gasteiger partial charge in [-0.3, -0.25) is 9.97 Å². The number of hydrogen-bond donors (Lipinski definition) is 0. The lowest BCUT2D eigenvalue weighted by Gasteiger charge is -2.32. The number of pyridine rings is 2. The molecule has 8 aromatic rings. The molecule has 0 N–H and O–H groups in total. The Labute approximate surface area is 595 Å². The van der Waals surface area contributed by atoms with Crippen molar-refractivity contribution < 1.29 is 28.5 Å². The number of halogens is 1. The Morgan fingerprint density at radius 2 is 0.794 bits per heavy atom. The zero-order chi connectivity index (χ0) is 69.1. The molecule has 21 heteroatoms. The summed E-state index contributed by atoms with van der Waals surface area (Å²) in [6.07, 6.45) is 21.3. The van der Waals surface area contributed by atoms with Crippen LogP contribution in [0.3, 0.4) is 0 Å². The van der Waals surface area contributed by atoms with Crippen LogP contribution >= 0.6 is 22.6 Å². The number of carbonyl (C=O) groups excluding carboxylic acids is 2. The van der Waals surface area contributed by atoms with Gasteiger partial charge in [-0.2, -0.15) is 28.8 Å². The summed E-state index contributed by atoms with van der Waals surface area (Å²) in [5.41, 5.74) is 13.7. The topological polar surface area (TPSA) is 164 Å². The molecule has 0 radical (unpaired) electrons. The molecule has 520 valence electrons. The molecular formula is C76H107IN10O6Si4. The second kappa shape index (κ2) is 33.3. The van der Waals surface area contributed by atoms with E-state index in [1.54, 1.807) is 0 Å². The molecule has 12 rings (SSSR count). The van der Waals surface area contributed by atoms with Gasteiger partial charge in [0.15, 0.2) is 17.1 Å². The van der Waals surface area contributed by atoms with Crippen molar-refractivity contribution in [3.63, 3.8) is 0 Å². The number of fused-ring (bicyclic) bond motifs is 6. The maximum atomic E-state index is 8.12. The van der Waals surface area contributed by atoms with Crippen LogP contribution in [-0.2, 0) is 28.5 Å². The molecule has 2 aromatic carbocycles. The third kappa shape index (κ3) is 20.3. The Morgan fingerprint density at radius 3 is 1.14 bits per heavy atom. The van der Waals surface area contributed by atoms with Gasteiger partial charge in [-0.05, 0) is 128 Å². The van der Waals surface area contributed by atoms with E-state index in [0.29, 0.717) is 38.8 Å². The summed E-state index contributed by atoms with van der Waals surface area (Å²) < 4.78 is 30.9. The number of rotatable bonds is 28. The average Bonchev–Trinajstić information content (AvgIpc) is 1.66. The van der Waals surface area contributed by atoms with Crippen molar-refractivity contribution in [3.05, 3.63) is 130 Å². The molecule has 4 saturated carbocycles. The first-order chi connectivity index (χ1) is 46.3. The summed E-state index contributed by atoms with van der Waals surface area (Å²) in [4.78, 5) is 41.5. The van der Waals surface area contributed by atoms with E-state index >= 15 is 0 Å². The summed E-state index contributed by atoms with van der Waals surface area (Å²) >= 11 is 2.55. The van der Waals surface area contributed by atoms with Crippen molar-refractivity contribution in [1.82, 2.24) is 39.2 Å². The molecule has 4 fully saturated rings. The molecular weight excluding hydrogens is 1390 g/mol. The number of benzene rings is 2. The number of hydrogen-bond acceptors (Lipinski definition) is 14. The minimum Gasteiger partial charge on any atom is -0.361 e. The predicted octanol–water partition coefficient (Wildman–Crippen LogP) is 18.7. The van der Waals surface area contributed by atoms with Crippen molar-refractivity contribution in [2.75, 3.05) is 63.2 Å². The highest BCUT2D eigenvalue weighted by molar-refractivity contribution is 14.1. The lowest BCUT2D eigenvalue weighted by molar-refractivity contribution is -0.191. The van der Waals surface area contributed by atoms with Crippen molar-refractivity contribution in [2.45, 2.75) is 186 Å². The lowest BCUT2D eigenvalue weighted by Crippen LogP contribution is -2.34. The van der Waals surface area contributed by atoms with Crippen molar-refractivity contribution >= 4 is 84.0 Å². The molecule has 0 aliphatic heterocycles. The molecule has 6 atom stereocenters.